The number of anilines is 1. The van der Waals surface area contributed by atoms with E-state index < -0.39 is 5.91 Å². The highest BCUT2D eigenvalue weighted by atomic mass is 35.5. The van der Waals surface area contributed by atoms with Gasteiger partial charge >= 0.3 is 0 Å². The third kappa shape index (κ3) is 3.92. The van der Waals surface area contributed by atoms with E-state index in [1.165, 1.54) is 6.42 Å². The normalized spacial score (nSPS) is 14.7. The average molecular weight is 463 g/mol. The standard InChI is InChI=1S/C22H24Cl2N4O3/c1-12-18(26-31-20(12)16-10-9-14(23)11-17(16)24)21(29)25-19-13(2)27(3)28(22(19)30)15-7-5-4-6-8-15/h9-11,15H,4-8H2,1-3H3,(H,25,29). The zero-order valence-corrected chi connectivity index (χ0v) is 19.2. The smallest absolute Gasteiger partial charge is 0.291 e. The van der Waals surface area contributed by atoms with Gasteiger partial charge in [0.2, 0.25) is 0 Å². The van der Waals surface area contributed by atoms with Crippen molar-refractivity contribution in [1.29, 1.82) is 0 Å². The molecule has 164 valence electrons. The summed E-state index contributed by atoms with van der Waals surface area (Å²) >= 11 is 12.2. The molecule has 3 aromatic rings. The zero-order chi connectivity index (χ0) is 22.3. The van der Waals surface area contributed by atoms with Crippen LogP contribution in [-0.4, -0.2) is 20.4 Å². The predicted octanol–water partition coefficient (Wildman–Crippen LogP) is 5.52. The minimum absolute atomic E-state index is 0.105. The lowest BCUT2D eigenvalue weighted by Crippen LogP contribution is -2.29. The summed E-state index contributed by atoms with van der Waals surface area (Å²) in [4.78, 5) is 26.1. The van der Waals surface area contributed by atoms with Crippen LogP contribution in [0, 0.1) is 13.8 Å². The molecule has 7 nitrogen and oxygen atoms in total. The zero-order valence-electron chi connectivity index (χ0n) is 17.7. The van der Waals surface area contributed by atoms with Gasteiger partial charge in [-0.25, -0.2) is 4.68 Å². The maximum atomic E-state index is 13.1. The second kappa shape index (κ2) is 8.55. The van der Waals surface area contributed by atoms with E-state index in [2.05, 4.69) is 10.5 Å². The van der Waals surface area contributed by atoms with Gasteiger partial charge in [-0.2, -0.15) is 0 Å². The molecule has 0 aliphatic heterocycles. The first-order valence-electron chi connectivity index (χ1n) is 10.3. The van der Waals surface area contributed by atoms with Crippen LogP contribution in [0.1, 0.15) is 59.9 Å². The van der Waals surface area contributed by atoms with Gasteiger partial charge in [-0.15, -0.1) is 0 Å². The van der Waals surface area contributed by atoms with Crippen LogP contribution in [0.25, 0.3) is 11.3 Å². The van der Waals surface area contributed by atoms with Gasteiger partial charge in [0, 0.05) is 23.2 Å². The third-order valence-electron chi connectivity index (χ3n) is 6.07. The van der Waals surface area contributed by atoms with Crippen LogP contribution < -0.4 is 10.9 Å². The topological polar surface area (TPSA) is 82.1 Å². The third-order valence-corrected chi connectivity index (χ3v) is 6.61. The molecular formula is C22H24Cl2N4O3. The summed E-state index contributed by atoms with van der Waals surface area (Å²) in [5.41, 5.74) is 2.00. The number of nitrogens with zero attached hydrogens (tertiary/aromatic N) is 3. The van der Waals surface area contributed by atoms with Crippen molar-refractivity contribution >= 4 is 34.8 Å². The molecule has 0 unspecified atom stereocenters. The number of carbonyl (C=O) groups excluding carboxylic acids is 1. The van der Waals surface area contributed by atoms with E-state index >= 15 is 0 Å². The molecule has 0 bridgehead atoms. The largest absolute Gasteiger partial charge is 0.355 e. The van der Waals surface area contributed by atoms with E-state index in [9.17, 15) is 9.59 Å². The van der Waals surface area contributed by atoms with Crippen LogP contribution >= 0.6 is 23.2 Å². The van der Waals surface area contributed by atoms with Gasteiger partial charge in [0.15, 0.2) is 11.5 Å². The van der Waals surface area contributed by atoms with Crippen LogP contribution in [0.4, 0.5) is 5.69 Å². The summed E-state index contributed by atoms with van der Waals surface area (Å²) in [5, 5.41) is 7.58. The van der Waals surface area contributed by atoms with Crippen LogP contribution in [0.15, 0.2) is 27.5 Å². The number of hydrogen-bond donors (Lipinski definition) is 1. The van der Waals surface area contributed by atoms with Crippen molar-refractivity contribution in [1.82, 2.24) is 14.5 Å². The Labute approximate surface area is 189 Å². The second-order valence-electron chi connectivity index (χ2n) is 7.99. The summed E-state index contributed by atoms with van der Waals surface area (Å²) < 4.78 is 9.02. The molecule has 9 heteroatoms. The summed E-state index contributed by atoms with van der Waals surface area (Å²) in [6.45, 7) is 3.55. The molecule has 1 aromatic carbocycles. The number of nitrogens with one attached hydrogen (secondary N) is 1. The number of amides is 1. The monoisotopic (exact) mass is 462 g/mol. The minimum atomic E-state index is -0.501. The molecule has 1 N–H and O–H groups in total. The van der Waals surface area contributed by atoms with E-state index in [0.29, 0.717) is 32.6 Å². The van der Waals surface area contributed by atoms with Gasteiger partial charge in [0.1, 0.15) is 5.69 Å². The molecule has 0 spiro atoms. The van der Waals surface area contributed by atoms with Crippen molar-refractivity contribution in [2.45, 2.75) is 52.0 Å². The van der Waals surface area contributed by atoms with Crippen molar-refractivity contribution in [2.75, 3.05) is 5.32 Å². The lowest BCUT2D eigenvalue weighted by atomic mass is 9.96. The maximum Gasteiger partial charge on any atom is 0.291 e. The number of carbonyl (C=O) groups is 1. The van der Waals surface area contributed by atoms with Gasteiger partial charge in [0.25, 0.3) is 11.5 Å². The first kappa shape index (κ1) is 21.7. The highest BCUT2D eigenvalue weighted by Gasteiger charge is 2.27. The SMILES string of the molecule is Cc1c(C(=O)Nc2c(C)n(C)n(C3CCCCC3)c2=O)noc1-c1ccc(Cl)cc1Cl. The van der Waals surface area contributed by atoms with Crippen LogP contribution in [0.5, 0.6) is 0 Å². The van der Waals surface area contributed by atoms with Gasteiger partial charge < -0.3 is 9.84 Å². The quantitative estimate of drug-likeness (QED) is 0.552. The van der Waals surface area contributed by atoms with Crippen molar-refractivity contribution in [2.24, 2.45) is 7.05 Å². The minimum Gasteiger partial charge on any atom is -0.355 e. The van der Waals surface area contributed by atoms with Crippen molar-refractivity contribution in [3.8, 4) is 11.3 Å². The van der Waals surface area contributed by atoms with Crippen molar-refractivity contribution in [3.63, 3.8) is 0 Å². The van der Waals surface area contributed by atoms with Crippen LogP contribution in [-0.2, 0) is 7.05 Å². The molecule has 1 aliphatic carbocycles. The molecule has 1 saturated carbocycles. The first-order valence-corrected chi connectivity index (χ1v) is 11.1. The van der Waals surface area contributed by atoms with Crippen molar-refractivity contribution < 1.29 is 9.32 Å². The van der Waals surface area contributed by atoms with E-state index in [1.54, 1.807) is 29.8 Å². The Kier molecular flexibility index (Phi) is 5.99. The Morgan fingerprint density at radius 2 is 1.90 bits per heavy atom. The summed E-state index contributed by atoms with van der Waals surface area (Å²) in [6.07, 6.45) is 5.36. The molecular weight excluding hydrogens is 439 g/mol. The number of benzene rings is 1. The molecule has 1 aliphatic rings. The second-order valence-corrected chi connectivity index (χ2v) is 8.83. The predicted molar refractivity (Wildman–Crippen MR) is 121 cm³/mol. The summed E-state index contributed by atoms with van der Waals surface area (Å²) in [6, 6.07) is 5.15. The highest BCUT2D eigenvalue weighted by Crippen LogP contribution is 2.34. The lowest BCUT2D eigenvalue weighted by molar-refractivity contribution is 0.101. The van der Waals surface area contributed by atoms with E-state index in [4.69, 9.17) is 27.7 Å². The van der Waals surface area contributed by atoms with E-state index in [-0.39, 0.29) is 23.0 Å². The van der Waals surface area contributed by atoms with E-state index in [0.717, 1.165) is 25.7 Å². The van der Waals surface area contributed by atoms with Gasteiger partial charge in [-0.1, -0.05) is 47.6 Å². The van der Waals surface area contributed by atoms with Gasteiger partial charge in [-0.3, -0.25) is 14.3 Å². The molecule has 4 rings (SSSR count). The molecule has 1 amide bonds. The first-order chi connectivity index (χ1) is 14.8. The van der Waals surface area contributed by atoms with Gasteiger partial charge in [0.05, 0.1) is 16.8 Å². The molecule has 0 atom stereocenters. The fourth-order valence-corrected chi connectivity index (χ4v) is 4.75. The van der Waals surface area contributed by atoms with E-state index in [1.807, 2.05) is 18.7 Å². The molecule has 2 aromatic heterocycles. The maximum absolute atomic E-state index is 13.1. The fourth-order valence-electron chi connectivity index (χ4n) is 4.25. The molecule has 0 saturated heterocycles. The Hall–Kier alpha value is -2.51. The lowest BCUT2D eigenvalue weighted by Gasteiger charge is -2.24. The summed E-state index contributed by atoms with van der Waals surface area (Å²) in [7, 11) is 1.85. The Bertz CT molecular complexity index is 1200. The number of aromatic nitrogens is 3. The number of hydrogen-bond acceptors (Lipinski definition) is 4. The summed E-state index contributed by atoms with van der Waals surface area (Å²) in [5.74, 6) is -0.115. The Balaban J connectivity index is 1.64. The molecule has 0 radical (unpaired) electrons. The molecule has 31 heavy (non-hydrogen) atoms. The number of rotatable bonds is 4. The van der Waals surface area contributed by atoms with Gasteiger partial charge in [-0.05, 0) is 44.9 Å². The average Bonchev–Trinajstić information content (AvgIpc) is 3.22. The van der Waals surface area contributed by atoms with Crippen LogP contribution in [0.3, 0.4) is 0 Å². The van der Waals surface area contributed by atoms with Crippen molar-refractivity contribution in [3.05, 3.63) is 55.5 Å². The molecule has 2 heterocycles. The molecule has 1 fully saturated rings. The van der Waals surface area contributed by atoms with Crippen LogP contribution in [0.2, 0.25) is 10.0 Å². The fraction of sp³-hybridized carbons (Fsp3) is 0.409. The number of halogens is 2. The highest BCUT2D eigenvalue weighted by molar-refractivity contribution is 6.36. The Morgan fingerprint density at radius 3 is 2.58 bits per heavy atom. The Morgan fingerprint density at radius 1 is 1.19 bits per heavy atom.